The lowest BCUT2D eigenvalue weighted by Gasteiger charge is -2.14. The van der Waals surface area contributed by atoms with Crippen LogP contribution < -0.4 is 15.5 Å². The number of nitrogens with zero attached hydrogens (tertiary/aromatic N) is 3. The van der Waals surface area contributed by atoms with E-state index < -0.39 is 0 Å². The van der Waals surface area contributed by atoms with Crippen molar-refractivity contribution in [3.8, 4) is 0 Å². The van der Waals surface area contributed by atoms with Crippen LogP contribution in [0.25, 0.3) is 0 Å². The van der Waals surface area contributed by atoms with Crippen LogP contribution in [-0.2, 0) is 0 Å². The van der Waals surface area contributed by atoms with Gasteiger partial charge in [-0.05, 0) is 41.8 Å². The second-order valence-electron chi connectivity index (χ2n) is 7.05. The van der Waals surface area contributed by atoms with Gasteiger partial charge in [0.15, 0.2) is 0 Å². The van der Waals surface area contributed by atoms with Crippen LogP contribution >= 0.6 is 0 Å². The molecule has 0 fully saturated rings. The van der Waals surface area contributed by atoms with Crippen LogP contribution in [0.3, 0.4) is 0 Å². The van der Waals surface area contributed by atoms with Crippen molar-refractivity contribution in [2.24, 2.45) is 0 Å². The van der Waals surface area contributed by atoms with Gasteiger partial charge in [0, 0.05) is 31.2 Å². The van der Waals surface area contributed by atoms with Gasteiger partial charge in [-0.25, -0.2) is 9.97 Å². The van der Waals surface area contributed by atoms with E-state index in [-0.39, 0.29) is 11.6 Å². The molecule has 2 aromatic carbocycles. The molecule has 0 saturated carbocycles. The molecule has 6 heteroatoms. The Labute approximate surface area is 165 Å². The molecule has 28 heavy (non-hydrogen) atoms. The van der Waals surface area contributed by atoms with Gasteiger partial charge in [0.05, 0.1) is 12.4 Å². The third-order valence-electron chi connectivity index (χ3n) is 4.37. The lowest BCUT2D eigenvalue weighted by atomic mass is 10.0. The molecular weight excluding hydrogens is 350 g/mol. The Morgan fingerprint density at radius 1 is 0.964 bits per heavy atom. The largest absolute Gasteiger partial charge is 0.378 e. The molecule has 0 aliphatic heterocycles. The normalized spacial score (nSPS) is 10.6. The van der Waals surface area contributed by atoms with Crippen molar-refractivity contribution in [1.82, 2.24) is 9.97 Å². The Morgan fingerprint density at radius 2 is 1.68 bits per heavy atom. The zero-order valence-corrected chi connectivity index (χ0v) is 16.6. The van der Waals surface area contributed by atoms with Crippen molar-refractivity contribution in [2.45, 2.75) is 19.8 Å². The molecule has 2 N–H and O–H groups in total. The maximum absolute atomic E-state index is 12.4. The Balaban J connectivity index is 1.68. The maximum atomic E-state index is 12.4. The molecular formula is C22H25N5O. The van der Waals surface area contributed by atoms with Gasteiger partial charge in [-0.1, -0.05) is 32.0 Å². The van der Waals surface area contributed by atoms with Gasteiger partial charge in [-0.2, -0.15) is 0 Å². The molecule has 0 aliphatic rings. The molecule has 3 rings (SSSR count). The van der Waals surface area contributed by atoms with Crippen molar-refractivity contribution in [1.29, 1.82) is 0 Å². The summed E-state index contributed by atoms with van der Waals surface area (Å²) in [5, 5.41) is 6.11. The van der Waals surface area contributed by atoms with Gasteiger partial charge in [-0.3, -0.25) is 4.79 Å². The molecule has 1 heterocycles. The average Bonchev–Trinajstić information content (AvgIpc) is 2.69. The third-order valence-corrected chi connectivity index (χ3v) is 4.37. The third kappa shape index (κ3) is 4.65. The summed E-state index contributed by atoms with van der Waals surface area (Å²) in [6.45, 7) is 4.29. The Morgan fingerprint density at radius 3 is 2.29 bits per heavy atom. The number of amides is 1. The van der Waals surface area contributed by atoms with E-state index in [4.69, 9.17) is 0 Å². The first-order chi connectivity index (χ1) is 13.4. The summed E-state index contributed by atoms with van der Waals surface area (Å²) in [4.78, 5) is 23.0. The number of para-hydroxylation sites is 1. The second kappa shape index (κ2) is 8.52. The minimum atomic E-state index is -0.292. The van der Waals surface area contributed by atoms with E-state index in [2.05, 4.69) is 40.5 Å². The number of rotatable bonds is 6. The molecule has 0 atom stereocenters. The highest BCUT2D eigenvalue weighted by atomic mass is 16.1. The SMILES string of the molecule is CC(C)c1ccccc1Nc1cnc(C(=O)Nc2ccc(N(C)C)cc2)cn1. The summed E-state index contributed by atoms with van der Waals surface area (Å²) in [6.07, 6.45) is 3.05. The summed E-state index contributed by atoms with van der Waals surface area (Å²) in [5.41, 5.74) is 4.23. The Bertz CT molecular complexity index is 934. The van der Waals surface area contributed by atoms with E-state index in [0.717, 1.165) is 11.4 Å². The quantitative estimate of drug-likeness (QED) is 0.656. The molecule has 1 amide bonds. The van der Waals surface area contributed by atoms with E-state index in [0.29, 0.717) is 17.4 Å². The van der Waals surface area contributed by atoms with Gasteiger partial charge >= 0.3 is 0 Å². The number of hydrogen-bond donors (Lipinski definition) is 2. The maximum Gasteiger partial charge on any atom is 0.275 e. The van der Waals surface area contributed by atoms with Gasteiger partial charge in [0.2, 0.25) is 0 Å². The van der Waals surface area contributed by atoms with Crippen molar-refractivity contribution in [2.75, 3.05) is 29.6 Å². The number of hydrogen-bond acceptors (Lipinski definition) is 5. The summed E-state index contributed by atoms with van der Waals surface area (Å²) >= 11 is 0. The zero-order chi connectivity index (χ0) is 20.1. The van der Waals surface area contributed by atoms with Crippen LogP contribution in [0.4, 0.5) is 22.9 Å². The standard InChI is InChI=1S/C22H25N5O/c1-15(2)18-7-5-6-8-19(18)26-21-14-23-20(13-24-21)22(28)25-16-9-11-17(12-10-16)27(3)4/h5-15H,1-4H3,(H,24,26)(H,25,28). The Kier molecular flexibility index (Phi) is 5.89. The van der Waals surface area contributed by atoms with E-state index in [1.807, 2.05) is 61.5 Å². The first-order valence-electron chi connectivity index (χ1n) is 9.21. The molecule has 0 aliphatic carbocycles. The molecule has 0 bridgehead atoms. The van der Waals surface area contributed by atoms with Gasteiger partial charge < -0.3 is 15.5 Å². The van der Waals surface area contributed by atoms with Gasteiger partial charge in [-0.15, -0.1) is 0 Å². The van der Waals surface area contributed by atoms with Crippen molar-refractivity contribution in [3.05, 3.63) is 72.2 Å². The fourth-order valence-electron chi connectivity index (χ4n) is 2.80. The van der Waals surface area contributed by atoms with Crippen molar-refractivity contribution >= 4 is 28.8 Å². The molecule has 6 nitrogen and oxygen atoms in total. The predicted octanol–water partition coefficient (Wildman–Crippen LogP) is 4.66. The molecule has 3 aromatic rings. The minimum Gasteiger partial charge on any atom is -0.378 e. The van der Waals surface area contributed by atoms with Gasteiger partial charge in [0.25, 0.3) is 5.91 Å². The average molecular weight is 375 g/mol. The molecule has 1 aromatic heterocycles. The highest BCUT2D eigenvalue weighted by molar-refractivity contribution is 6.02. The molecule has 144 valence electrons. The second-order valence-corrected chi connectivity index (χ2v) is 7.05. The zero-order valence-electron chi connectivity index (χ0n) is 16.6. The lowest BCUT2D eigenvalue weighted by Crippen LogP contribution is -2.14. The highest BCUT2D eigenvalue weighted by Gasteiger charge is 2.10. The molecule has 0 radical (unpaired) electrons. The van der Waals surface area contributed by atoms with Crippen LogP contribution in [0.15, 0.2) is 60.9 Å². The number of anilines is 4. The topological polar surface area (TPSA) is 70.2 Å². The predicted molar refractivity (Wildman–Crippen MR) is 115 cm³/mol. The van der Waals surface area contributed by atoms with Crippen LogP contribution in [0, 0.1) is 0 Å². The van der Waals surface area contributed by atoms with Crippen LogP contribution in [-0.4, -0.2) is 30.0 Å². The first-order valence-corrected chi connectivity index (χ1v) is 9.21. The Hall–Kier alpha value is -3.41. The van der Waals surface area contributed by atoms with Crippen molar-refractivity contribution in [3.63, 3.8) is 0 Å². The van der Waals surface area contributed by atoms with E-state index in [1.54, 1.807) is 6.20 Å². The smallest absolute Gasteiger partial charge is 0.275 e. The number of carbonyl (C=O) groups excluding carboxylic acids is 1. The van der Waals surface area contributed by atoms with Crippen LogP contribution in [0.1, 0.15) is 35.8 Å². The monoisotopic (exact) mass is 375 g/mol. The number of carbonyl (C=O) groups is 1. The lowest BCUT2D eigenvalue weighted by molar-refractivity contribution is 0.102. The fraction of sp³-hybridized carbons (Fsp3) is 0.227. The number of nitrogens with one attached hydrogen (secondary N) is 2. The van der Waals surface area contributed by atoms with Crippen LogP contribution in [0.5, 0.6) is 0 Å². The van der Waals surface area contributed by atoms with E-state index in [1.165, 1.54) is 11.8 Å². The number of benzene rings is 2. The molecule has 0 unspecified atom stereocenters. The summed E-state index contributed by atoms with van der Waals surface area (Å²) in [5.74, 6) is 0.694. The summed E-state index contributed by atoms with van der Waals surface area (Å²) in [7, 11) is 3.94. The first kappa shape index (κ1) is 19.4. The van der Waals surface area contributed by atoms with Crippen molar-refractivity contribution < 1.29 is 4.79 Å². The van der Waals surface area contributed by atoms with E-state index in [9.17, 15) is 4.79 Å². The van der Waals surface area contributed by atoms with E-state index >= 15 is 0 Å². The summed E-state index contributed by atoms with van der Waals surface area (Å²) in [6, 6.07) is 15.7. The number of aromatic nitrogens is 2. The summed E-state index contributed by atoms with van der Waals surface area (Å²) < 4.78 is 0. The molecule has 0 spiro atoms. The highest BCUT2D eigenvalue weighted by Crippen LogP contribution is 2.26. The van der Waals surface area contributed by atoms with Gasteiger partial charge in [0.1, 0.15) is 11.5 Å². The fourth-order valence-corrected chi connectivity index (χ4v) is 2.80. The van der Waals surface area contributed by atoms with Crippen LogP contribution in [0.2, 0.25) is 0 Å². The minimum absolute atomic E-state index is 0.263. The molecule has 0 saturated heterocycles.